The van der Waals surface area contributed by atoms with E-state index in [2.05, 4.69) is 47.2 Å². The van der Waals surface area contributed by atoms with Crippen molar-refractivity contribution in [2.45, 2.75) is 32.2 Å². The van der Waals surface area contributed by atoms with Gasteiger partial charge in [-0.05, 0) is 31.8 Å². The van der Waals surface area contributed by atoms with E-state index < -0.39 is 0 Å². The molecule has 0 fully saturated rings. The van der Waals surface area contributed by atoms with Crippen molar-refractivity contribution in [2.75, 3.05) is 0 Å². The topological polar surface area (TPSA) is 51.8 Å². The molecule has 3 heteroatoms. The first-order valence-electron chi connectivity index (χ1n) is 7.06. The maximum atomic E-state index is 5.91. The van der Waals surface area contributed by atoms with Gasteiger partial charge in [-0.2, -0.15) is 0 Å². The lowest BCUT2D eigenvalue weighted by molar-refractivity contribution is 0.614. The minimum absolute atomic E-state index is 0.312. The van der Waals surface area contributed by atoms with Gasteiger partial charge in [-0.1, -0.05) is 35.9 Å². The molecule has 2 aromatic rings. The molecule has 1 aliphatic rings. The molecule has 0 bridgehead atoms. The number of hydrogen-bond donors (Lipinski definition) is 1. The summed E-state index contributed by atoms with van der Waals surface area (Å²) in [6.07, 6.45) is 9.09. The number of aryl methyl sites for hydroxylation is 1. The second-order valence-electron chi connectivity index (χ2n) is 5.43. The predicted octanol–water partition coefficient (Wildman–Crippen LogP) is 3.35. The van der Waals surface area contributed by atoms with E-state index >= 15 is 0 Å². The Balaban J connectivity index is 1.83. The summed E-state index contributed by atoms with van der Waals surface area (Å²) in [5, 5.41) is 0. The highest BCUT2D eigenvalue weighted by molar-refractivity contribution is 5.66. The van der Waals surface area contributed by atoms with Crippen LogP contribution in [0.1, 0.15) is 30.4 Å². The summed E-state index contributed by atoms with van der Waals surface area (Å²) < 4.78 is 0. The van der Waals surface area contributed by atoms with E-state index in [9.17, 15) is 0 Å². The average molecular weight is 265 g/mol. The third-order valence-corrected chi connectivity index (χ3v) is 3.78. The molecule has 1 heterocycles. The molecule has 1 atom stereocenters. The number of benzene rings is 1. The van der Waals surface area contributed by atoms with Crippen LogP contribution in [0.5, 0.6) is 0 Å². The van der Waals surface area contributed by atoms with Gasteiger partial charge in [0.05, 0.1) is 0 Å². The largest absolute Gasteiger partial charge is 0.327 e. The van der Waals surface area contributed by atoms with Gasteiger partial charge in [0.25, 0.3) is 0 Å². The minimum atomic E-state index is 0.312. The average Bonchev–Trinajstić information content (AvgIpc) is 2.49. The van der Waals surface area contributed by atoms with E-state index in [0.717, 1.165) is 36.2 Å². The highest BCUT2D eigenvalue weighted by atomic mass is 14.9. The third kappa shape index (κ3) is 2.78. The summed E-state index contributed by atoms with van der Waals surface area (Å²) in [6.45, 7) is 2.08. The summed E-state index contributed by atoms with van der Waals surface area (Å²) >= 11 is 0. The van der Waals surface area contributed by atoms with Crippen LogP contribution < -0.4 is 5.73 Å². The van der Waals surface area contributed by atoms with E-state index in [1.54, 1.807) is 0 Å². The first-order chi connectivity index (χ1) is 9.72. The molecule has 102 valence electrons. The lowest BCUT2D eigenvalue weighted by Gasteiger charge is -2.18. The van der Waals surface area contributed by atoms with Crippen molar-refractivity contribution in [1.29, 1.82) is 0 Å². The van der Waals surface area contributed by atoms with Gasteiger partial charge in [-0.15, -0.1) is 0 Å². The van der Waals surface area contributed by atoms with Crippen molar-refractivity contribution in [3.05, 3.63) is 53.9 Å². The molecule has 2 N–H and O–H groups in total. The van der Waals surface area contributed by atoms with Crippen molar-refractivity contribution < 1.29 is 0 Å². The van der Waals surface area contributed by atoms with Crippen LogP contribution >= 0.6 is 0 Å². The Bertz CT molecular complexity index is 612. The van der Waals surface area contributed by atoms with Crippen molar-refractivity contribution in [3.63, 3.8) is 0 Å². The monoisotopic (exact) mass is 265 g/mol. The highest BCUT2D eigenvalue weighted by Crippen LogP contribution is 2.26. The van der Waals surface area contributed by atoms with Crippen molar-refractivity contribution in [1.82, 2.24) is 9.97 Å². The lowest BCUT2D eigenvalue weighted by atomic mass is 9.92. The van der Waals surface area contributed by atoms with Crippen LogP contribution in [0.15, 0.2) is 42.7 Å². The molecule has 3 nitrogen and oxygen atoms in total. The molecule has 0 spiro atoms. The van der Waals surface area contributed by atoms with Gasteiger partial charge in [-0.25, -0.2) is 9.97 Å². The fourth-order valence-electron chi connectivity index (χ4n) is 2.46. The van der Waals surface area contributed by atoms with Crippen LogP contribution in [0.3, 0.4) is 0 Å². The molecule has 0 amide bonds. The molecule has 1 aliphatic carbocycles. The van der Waals surface area contributed by atoms with Gasteiger partial charge in [0.15, 0.2) is 5.82 Å². The zero-order valence-corrected chi connectivity index (χ0v) is 11.7. The molecule has 0 radical (unpaired) electrons. The Morgan fingerprint density at radius 2 is 1.75 bits per heavy atom. The smallest absolute Gasteiger partial charge is 0.159 e. The molecule has 3 rings (SSSR count). The molecular formula is C17H19N3. The number of allylic oxidation sites excluding steroid dienone is 1. The summed E-state index contributed by atoms with van der Waals surface area (Å²) in [7, 11) is 0. The van der Waals surface area contributed by atoms with Crippen LogP contribution in [0.2, 0.25) is 0 Å². The summed E-state index contributed by atoms with van der Waals surface area (Å²) in [5.41, 5.74) is 10.7. The van der Waals surface area contributed by atoms with E-state index in [4.69, 9.17) is 5.73 Å². The fraction of sp³-hybridized carbons (Fsp3) is 0.294. The van der Waals surface area contributed by atoms with Crippen LogP contribution in [0.25, 0.3) is 17.0 Å². The number of hydrogen-bond acceptors (Lipinski definition) is 3. The first-order valence-corrected chi connectivity index (χ1v) is 7.06. The van der Waals surface area contributed by atoms with Gasteiger partial charge in [-0.3, -0.25) is 0 Å². The zero-order valence-electron chi connectivity index (χ0n) is 11.7. The van der Waals surface area contributed by atoms with Crippen LogP contribution in [0.4, 0.5) is 0 Å². The van der Waals surface area contributed by atoms with E-state index in [-0.39, 0.29) is 0 Å². The summed E-state index contributed by atoms with van der Waals surface area (Å²) in [5.74, 6) is 0.780. The second-order valence-corrected chi connectivity index (χ2v) is 5.43. The molecule has 1 aromatic carbocycles. The Morgan fingerprint density at radius 1 is 1.05 bits per heavy atom. The molecule has 1 aromatic heterocycles. The van der Waals surface area contributed by atoms with Crippen LogP contribution in [0, 0.1) is 6.92 Å². The molecule has 0 saturated carbocycles. The Morgan fingerprint density at radius 3 is 2.35 bits per heavy atom. The quantitative estimate of drug-likeness (QED) is 0.906. The SMILES string of the molecule is Cc1ccc(-c2ncc(C3=CCC(N)CC3)cn2)cc1. The zero-order chi connectivity index (χ0) is 13.9. The first kappa shape index (κ1) is 13.0. The molecule has 20 heavy (non-hydrogen) atoms. The number of nitrogens with zero attached hydrogens (tertiary/aromatic N) is 2. The van der Waals surface area contributed by atoms with E-state index in [1.165, 1.54) is 11.1 Å². The molecular weight excluding hydrogens is 246 g/mol. The number of nitrogens with two attached hydrogens (primary N) is 1. The third-order valence-electron chi connectivity index (χ3n) is 3.78. The van der Waals surface area contributed by atoms with Crippen LogP contribution in [-0.4, -0.2) is 16.0 Å². The fourth-order valence-corrected chi connectivity index (χ4v) is 2.46. The Kier molecular flexibility index (Phi) is 3.61. The maximum Gasteiger partial charge on any atom is 0.159 e. The second kappa shape index (κ2) is 5.55. The highest BCUT2D eigenvalue weighted by Gasteiger charge is 2.12. The van der Waals surface area contributed by atoms with Gasteiger partial charge >= 0.3 is 0 Å². The molecule has 0 aliphatic heterocycles. The summed E-state index contributed by atoms with van der Waals surface area (Å²) in [6, 6.07) is 8.59. The molecule has 0 saturated heterocycles. The lowest BCUT2D eigenvalue weighted by Crippen LogP contribution is -2.21. The van der Waals surface area contributed by atoms with Gasteiger partial charge < -0.3 is 5.73 Å². The van der Waals surface area contributed by atoms with Crippen molar-refractivity contribution in [3.8, 4) is 11.4 Å². The number of rotatable bonds is 2. The normalized spacial score (nSPS) is 18.7. The minimum Gasteiger partial charge on any atom is -0.327 e. The van der Waals surface area contributed by atoms with Gasteiger partial charge in [0, 0.05) is 29.6 Å². The Hall–Kier alpha value is -2.00. The number of aromatic nitrogens is 2. The Labute approximate surface area is 119 Å². The summed E-state index contributed by atoms with van der Waals surface area (Å²) in [4.78, 5) is 8.98. The van der Waals surface area contributed by atoms with Crippen molar-refractivity contribution in [2.24, 2.45) is 5.73 Å². The molecule has 1 unspecified atom stereocenters. The van der Waals surface area contributed by atoms with Crippen molar-refractivity contribution >= 4 is 5.57 Å². The van der Waals surface area contributed by atoms with Gasteiger partial charge in [0.1, 0.15) is 0 Å². The maximum absolute atomic E-state index is 5.91. The standard InChI is InChI=1S/C17H19N3/c1-12-2-4-14(5-3-12)17-19-10-15(11-20-17)13-6-8-16(18)9-7-13/h2-6,10-11,16H,7-9,18H2,1H3. The van der Waals surface area contributed by atoms with Crippen LogP contribution in [-0.2, 0) is 0 Å². The van der Waals surface area contributed by atoms with Gasteiger partial charge in [0.2, 0.25) is 0 Å². The van der Waals surface area contributed by atoms with E-state index in [0.29, 0.717) is 6.04 Å². The van der Waals surface area contributed by atoms with E-state index in [1.807, 2.05) is 12.4 Å². The predicted molar refractivity (Wildman–Crippen MR) is 82.0 cm³/mol.